The molecule has 1 N–H and O–H groups in total. The SMILES string of the molecule is Fc1cccc2sc(NCCn3cccn3)nc12. The number of fused-ring (bicyclic) bond motifs is 1. The molecule has 0 saturated heterocycles. The summed E-state index contributed by atoms with van der Waals surface area (Å²) in [6.45, 7) is 1.47. The van der Waals surface area contributed by atoms with Crippen LogP contribution in [0, 0.1) is 5.82 Å². The standard InChI is InChI=1S/C12H11FN4S/c13-9-3-1-4-10-11(9)16-12(18-10)14-6-8-17-7-2-5-15-17/h1-5,7H,6,8H2,(H,14,16). The van der Waals surface area contributed by atoms with Crippen LogP contribution in [0.2, 0.25) is 0 Å². The first-order valence-corrected chi connectivity index (χ1v) is 6.41. The van der Waals surface area contributed by atoms with E-state index >= 15 is 0 Å². The molecular weight excluding hydrogens is 251 g/mol. The zero-order chi connectivity index (χ0) is 12.4. The van der Waals surface area contributed by atoms with Crippen LogP contribution in [-0.4, -0.2) is 21.3 Å². The van der Waals surface area contributed by atoms with Crippen LogP contribution < -0.4 is 5.32 Å². The molecule has 6 heteroatoms. The first-order valence-electron chi connectivity index (χ1n) is 5.59. The average Bonchev–Trinajstić information content (AvgIpc) is 2.98. The van der Waals surface area contributed by atoms with Crippen LogP contribution in [0.15, 0.2) is 36.7 Å². The molecule has 3 rings (SSSR count). The van der Waals surface area contributed by atoms with Gasteiger partial charge in [0, 0.05) is 18.9 Å². The van der Waals surface area contributed by atoms with Gasteiger partial charge in [0.2, 0.25) is 0 Å². The Bertz CT molecular complexity index is 647. The Morgan fingerprint density at radius 3 is 3.06 bits per heavy atom. The van der Waals surface area contributed by atoms with Gasteiger partial charge in [-0.05, 0) is 18.2 Å². The lowest BCUT2D eigenvalue weighted by Crippen LogP contribution is -2.10. The Hall–Kier alpha value is -1.95. The highest BCUT2D eigenvalue weighted by Gasteiger charge is 2.06. The van der Waals surface area contributed by atoms with E-state index in [1.165, 1.54) is 17.4 Å². The molecule has 3 aromatic rings. The summed E-state index contributed by atoms with van der Waals surface area (Å²) < 4.78 is 16.1. The summed E-state index contributed by atoms with van der Waals surface area (Å²) in [7, 11) is 0. The number of halogens is 1. The van der Waals surface area contributed by atoms with Crippen molar-refractivity contribution in [3.05, 3.63) is 42.5 Å². The Morgan fingerprint density at radius 1 is 1.33 bits per heavy atom. The van der Waals surface area contributed by atoms with Gasteiger partial charge in [-0.25, -0.2) is 9.37 Å². The molecular formula is C12H11FN4S. The molecule has 4 nitrogen and oxygen atoms in total. The van der Waals surface area contributed by atoms with Crippen molar-refractivity contribution in [1.82, 2.24) is 14.8 Å². The number of thiazole rings is 1. The van der Waals surface area contributed by atoms with Crippen molar-refractivity contribution in [3.8, 4) is 0 Å². The second-order valence-electron chi connectivity index (χ2n) is 3.80. The summed E-state index contributed by atoms with van der Waals surface area (Å²) in [5.41, 5.74) is 0.434. The van der Waals surface area contributed by atoms with E-state index in [-0.39, 0.29) is 5.82 Å². The third kappa shape index (κ3) is 2.19. The van der Waals surface area contributed by atoms with Crippen molar-refractivity contribution in [2.75, 3.05) is 11.9 Å². The van der Waals surface area contributed by atoms with E-state index in [1.807, 2.05) is 23.0 Å². The molecule has 0 unspecified atom stereocenters. The molecule has 18 heavy (non-hydrogen) atoms. The van der Waals surface area contributed by atoms with Crippen LogP contribution in [0.3, 0.4) is 0 Å². The second kappa shape index (κ2) is 4.73. The Balaban J connectivity index is 1.69. The predicted molar refractivity (Wildman–Crippen MR) is 70.3 cm³/mol. The number of nitrogens with zero attached hydrogens (tertiary/aromatic N) is 3. The lowest BCUT2D eigenvalue weighted by atomic mass is 10.3. The van der Waals surface area contributed by atoms with Gasteiger partial charge in [0.25, 0.3) is 0 Å². The van der Waals surface area contributed by atoms with Gasteiger partial charge < -0.3 is 5.32 Å². The van der Waals surface area contributed by atoms with Crippen molar-refractivity contribution in [2.45, 2.75) is 6.54 Å². The highest BCUT2D eigenvalue weighted by Crippen LogP contribution is 2.27. The molecule has 0 spiro atoms. The Labute approximate surface area is 107 Å². The van der Waals surface area contributed by atoms with E-state index in [1.54, 1.807) is 12.3 Å². The van der Waals surface area contributed by atoms with Crippen LogP contribution in [0.4, 0.5) is 9.52 Å². The van der Waals surface area contributed by atoms with Gasteiger partial charge in [-0.2, -0.15) is 5.10 Å². The first kappa shape index (κ1) is 11.2. The lowest BCUT2D eigenvalue weighted by molar-refractivity contribution is 0.635. The Kier molecular flexibility index (Phi) is 2.93. The van der Waals surface area contributed by atoms with Gasteiger partial charge >= 0.3 is 0 Å². The monoisotopic (exact) mass is 262 g/mol. The van der Waals surface area contributed by atoms with Gasteiger partial charge in [-0.3, -0.25) is 4.68 Å². The fourth-order valence-corrected chi connectivity index (χ4v) is 2.61. The molecule has 0 aliphatic rings. The average molecular weight is 262 g/mol. The predicted octanol–water partition coefficient (Wildman–Crippen LogP) is 2.74. The van der Waals surface area contributed by atoms with E-state index in [9.17, 15) is 4.39 Å². The van der Waals surface area contributed by atoms with Crippen LogP contribution in [0.1, 0.15) is 0 Å². The third-order valence-electron chi connectivity index (χ3n) is 2.55. The molecule has 2 heterocycles. The molecule has 0 radical (unpaired) electrons. The summed E-state index contributed by atoms with van der Waals surface area (Å²) in [4.78, 5) is 4.23. The number of hydrogen-bond donors (Lipinski definition) is 1. The number of nitrogens with one attached hydrogen (secondary N) is 1. The summed E-state index contributed by atoms with van der Waals surface area (Å²) in [5.74, 6) is -0.274. The van der Waals surface area contributed by atoms with Gasteiger partial charge in [-0.1, -0.05) is 17.4 Å². The highest BCUT2D eigenvalue weighted by molar-refractivity contribution is 7.22. The number of benzene rings is 1. The van der Waals surface area contributed by atoms with Gasteiger partial charge in [0.05, 0.1) is 11.2 Å². The minimum atomic E-state index is -0.274. The van der Waals surface area contributed by atoms with Crippen LogP contribution in [0.25, 0.3) is 10.2 Å². The summed E-state index contributed by atoms with van der Waals surface area (Å²) >= 11 is 1.46. The largest absolute Gasteiger partial charge is 0.360 e. The fourth-order valence-electron chi connectivity index (χ4n) is 1.70. The maximum Gasteiger partial charge on any atom is 0.183 e. The van der Waals surface area contributed by atoms with E-state index in [0.29, 0.717) is 12.1 Å². The molecule has 0 aliphatic heterocycles. The molecule has 0 saturated carbocycles. The van der Waals surface area contributed by atoms with E-state index in [2.05, 4.69) is 15.4 Å². The molecule has 0 amide bonds. The third-order valence-corrected chi connectivity index (χ3v) is 3.52. The van der Waals surface area contributed by atoms with Crippen LogP contribution in [-0.2, 0) is 6.54 Å². The maximum atomic E-state index is 13.4. The number of rotatable bonds is 4. The zero-order valence-corrected chi connectivity index (χ0v) is 10.3. The number of aromatic nitrogens is 3. The minimum absolute atomic E-state index is 0.274. The van der Waals surface area contributed by atoms with Crippen molar-refractivity contribution < 1.29 is 4.39 Å². The van der Waals surface area contributed by atoms with Crippen molar-refractivity contribution in [1.29, 1.82) is 0 Å². The van der Waals surface area contributed by atoms with Gasteiger partial charge in [0.1, 0.15) is 11.3 Å². The first-order chi connectivity index (χ1) is 8.83. The molecule has 0 fully saturated rings. The summed E-state index contributed by atoms with van der Waals surface area (Å²) in [5, 5.41) is 8.02. The topological polar surface area (TPSA) is 42.7 Å². The van der Waals surface area contributed by atoms with E-state index in [0.717, 1.165) is 16.4 Å². The van der Waals surface area contributed by atoms with Crippen molar-refractivity contribution >= 4 is 26.7 Å². The van der Waals surface area contributed by atoms with E-state index < -0.39 is 0 Å². The molecule has 0 aliphatic carbocycles. The van der Waals surface area contributed by atoms with Gasteiger partial charge in [0.15, 0.2) is 5.13 Å². The summed E-state index contributed by atoms with van der Waals surface area (Å²) in [6.07, 6.45) is 3.65. The molecule has 0 atom stereocenters. The van der Waals surface area contributed by atoms with Gasteiger partial charge in [-0.15, -0.1) is 0 Å². The second-order valence-corrected chi connectivity index (χ2v) is 4.83. The molecule has 0 bridgehead atoms. The number of hydrogen-bond acceptors (Lipinski definition) is 4. The van der Waals surface area contributed by atoms with Crippen molar-refractivity contribution in [3.63, 3.8) is 0 Å². The zero-order valence-electron chi connectivity index (χ0n) is 9.51. The quantitative estimate of drug-likeness (QED) is 0.786. The van der Waals surface area contributed by atoms with Crippen LogP contribution in [0.5, 0.6) is 0 Å². The minimum Gasteiger partial charge on any atom is -0.360 e. The summed E-state index contributed by atoms with van der Waals surface area (Å²) in [6, 6.07) is 6.88. The van der Waals surface area contributed by atoms with E-state index in [4.69, 9.17) is 0 Å². The molecule has 2 aromatic heterocycles. The number of anilines is 1. The van der Waals surface area contributed by atoms with Crippen LogP contribution >= 0.6 is 11.3 Å². The molecule has 1 aromatic carbocycles. The number of para-hydroxylation sites is 1. The lowest BCUT2D eigenvalue weighted by Gasteiger charge is -2.02. The normalized spacial score (nSPS) is 10.9. The van der Waals surface area contributed by atoms with Crippen molar-refractivity contribution in [2.24, 2.45) is 0 Å². The maximum absolute atomic E-state index is 13.4. The Morgan fingerprint density at radius 2 is 2.28 bits per heavy atom. The highest BCUT2D eigenvalue weighted by atomic mass is 32.1. The molecule has 92 valence electrons. The fraction of sp³-hybridized carbons (Fsp3) is 0.167. The smallest absolute Gasteiger partial charge is 0.183 e.